The van der Waals surface area contributed by atoms with E-state index in [1.807, 2.05) is 6.20 Å². The molecule has 1 aromatic heterocycles. The Balaban J connectivity index is 1.53. The molecule has 21 heavy (non-hydrogen) atoms. The van der Waals surface area contributed by atoms with E-state index in [0.29, 0.717) is 11.8 Å². The van der Waals surface area contributed by atoms with E-state index in [9.17, 15) is 4.79 Å². The van der Waals surface area contributed by atoms with Gasteiger partial charge in [0.1, 0.15) is 0 Å². The fraction of sp³-hybridized carbons (Fsp3) is 0.765. The van der Waals surface area contributed by atoms with E-state index in [1.54, 1.807) is 0 Å². The second kappa shape index (κ2) is 6.63. The van der Waals surface area contributed by atoms with Gasteiger partial charge in [0.25, 0.3) is 0 Å². The predicted molar refractivity (Wildman–Crippen MR) is 83.1 cm³/mol. The summed E-state index contributed by atoms with van der Waals surface area (Å²) < 4.78 is 0. The number of likely N-dealkylation sites (tertiary alicyclic amines) is 1. The van der Waals surface area contributed by atoms with Gasteiger partial charge in [0.15, 0.2) is 0 Å². The normalized spacial score (nSPS) is 23.7. The molecule has 3 rings (SSSR count). The average Bonchev–Trinajstić information content (AvgIpc) is 3.16. The number of aromatic nitrogens is 2. The Labute approximate surface area is 127 Å². The Hall–Kier alpha value is -1.32. The van der Waals surface area contributed by atoms with Crippen molar-refractivity contribution in [3.63, 3.8) is 0 Å². The van der Waals surface area contributed by atoms with Crippen molar-refractivity contribution in [1.29, 1.82) is 0 Å². The lowest BCUT2D eigenvalue weighted by molar-refractivity contribution is -0.132. The summed E-state index contributed by atoms with van der Waals surface area (Å²) in [6.45, 7) is 3.90. The molecular weight excluding hydrogens is 262 g/mol. The van der Waals surface area contributed by atoms with E-state index in [1.165, 1.54) is 36.9 Å². The maximum absolute atomic E-state index is 12.5. The van der Waals surface area contributed by atoms with Crippen LogP contribution in [0, 0.1) is 12.8 Å². The summed E-state index contributed by atoms with van der Waals surface area (Å²) in [6, 6.07) is 0. The van der Waals surface area contributed by atoms with Crippen molar-refractivity contribution in [3.8, 4) is 0 Å². The molecule has 4 nitrogen and oxygen atoms in total. The van der Waals surface area contributed by atoms with E-state index in [-0.39, 0.29) is 0 Å². The molecule has 0 aromatic carbocycles. The smallest absolute Gasteiger partial charge is 0.222 e. The van der Waals surface area contributed by atoms with Crippen LogP contribution in [0.5, 0.6) is 0 Å². The Kier molecular flexibility index (Phi) is 4.61. The highest BCUT2D eigenvalue weighted by atomic mass is 16.2. The van der Waals surface area contributed by atoms with Crippen LogP contribution in [0.4, 0.5) is 0 Å². The van der Waals surface area contributed by atoms with Crippen LogP contribution >= 0.6 is 0 Å². The van der Waals surface area contributed by atoms with Crippen LogP contribution in [0.15, 0.2) is 6.20 Å². The Morgan fingerprint density at radius 2 is 2.14 bits per heavy atom. The van der Waals surface area contributed by atoms with Gasteiger partial charge in [-0.05, 0) is 37.7 Å². The summed E-state index contributed by atoms with van der Waals surface area (Å²) in [5, 5.41) is 7.25. The van der Waals surface area contributed by atoms with Crippen LogP contribution in [-0.2, 0) is 4.79 Å². The number of carbonyl (C=O) groups excluding carboxylic acids is 1. The van der Waals surface area contributed by atoms with Gasteiger partial charge in [-0.15, -0.1) is 0 Å². The first kappa shape index (κ1) is 14.6. The average molecular weight is 289 g/mol. The zero-order valence-electron chi connectivity index (χ0n) is 13.1. The van der Waals surface area contributed by atoms with E-state index < -0.39 is 0 Å². The van der Waals surface area contributed by atoms with Crippen LogP contribution in [0.3, 0.4) is 0 Å². The summed E-state index contributed by atoms with van der Waals surface area (Å²) >= 11 is 0. The van der Waals surface area contributed by atoms with Crippen LogP contribution in [0.2, 0.25) is 0 Å². The minimum absolute atomic E-state index is 0.365. The molecule has 1 aromatic rings. The van der Waals surface area contributed by atoms with Gasteiger partial charge in [-0.2, -0.15) is 5.10 Å². The Morgan fingerprint density at radius 3 is 2.86 bits per heavy atom. The molecule has 1 amide bonds. The summed E-state index contributed by atoms with van der Waals surface area (Å²) in [6.07, 6.45) is 11.4. The molecule has 116 valence electrons. The second-order valence-corrected chi connectivity index (χ2v) is 6.83. The molecule has 0 bridgehead atoms. The number of hydrogen-bond donors (Lipinski definition) is 1. The van der Waals surface area contributed by atoms with Crippen molar-refractivity contribution in [3.05, 3.63) is 17.5 Å². The van der Waals surface area contributed by atoms with Gasteiger partial charge >= 0.3 is 0 Å². The van der Waals surface area contributed by atoms with Crippen molar-refractivity contribution in [2.45, 2.75) is 64.2 Å². The molecule has 0 radical (unpaired) electrons. The highest BCUT2D eigenvalue weighted by molar-refractivity contribution is 5.76. The van der Waals surface area contributed by atoms with Crippen molar-refractivity contribution in [2.24, 2.45) is 5.92 Å². The van der Waals surface area contributed by atoms with Crippen LogP contribution in [0.25, 0.3) is 0 Å². The molecule has 2 heterocycles. The number of carbonyl (C=O) groups is 1. The number of nitrogens with one attached hydrogen (secondary N) is 1. The number of amides is 1. The SMILES string of the molecule is Cc1cn[nH]c1[C@H]1CCCN(C(=O)CCC2CCCC2)C1. The fourth-order valence-corrected chi connectivity index (χ4v) is 3.99. The number of aromatic amines is 1. The Bertz CT molecular complexity index is 476. The third kappa shape index (κ3) is 3.47. The van der Waals surface area contributed by atoms with E-state index in [0.717, 1.165) is 44.7 Å². The lowest BCUT2D eigenvalue weighted by Crippen LogP contribution is -2.39. The first-order valence-corrected chi connectivity index (χ1v) is 8.51. The number of piperidine rings is 1. The maximum Gasteiger partial charge on any atom is 0.222 e. The largest absolute Gasteiger partial charge is 0.342 e. The maximum atomic E-state index is 12.5. The van der Waals surface area contributed by atoms with Gasteiger partial charge < -0.3 is 4.90 Å². The number of nitrogens with zero attached hydrogens (tertiary/aromatic N) is 2. The second-order valence-electron chi connectivity index (χ2n) is 6.83. The zero-order valence-corrected chi connectivity index (χ0v) is 13.1. The predicted octanol–water partition coefficient (Wildman–Crippen LogP) is 3.39. The Morgan fingerprint density at radius 1 is 1.33 bits per heavy atom. The van der Waals surface area contributed by atoms with Gasteiger partial charge in [-0.3, -0.25) is 9.89 Å². The highest BCUT2D eigenvalue weighted by Crippen LogP contribution is 2.30. The monoisotopic (exact) mass is 289 g/mol. The minimum Gasteiger partial charge on any atom is -0.342 e. The number of aryl methyl sites for hydroxylation is 1. The van der Waals surface area contributed by atoms with Crippen LogP contribution in [0.1, 0.15) is 68.5 Å². The molecular formula is C17H27N3O. The molecule has 1 saturated heterocycles. The molecule has 1 saturated carbocycles. The topological polar surface area (TPSA) is 49.0 Å². The first-order chi connectivity index (χ1) is 10.2. The zero-order chi connectivity index (χ0) is 14.7. The van der Waals surface area contributed by atoms with Crippen LogP contribution in [-0.4, -0.2) is 34.1 Å². The minimum atomic E-state index is 0.365. The third-order valence-corrected chi connectivity index (χ3v) is 5.29. The molecule has 2 aliphatic rings. The summed E-state index contributed by atoms with van der Waals surface area (Å²) in [7, 11) is 0. The summed E-state index contributed by atoms with van der Waals surface area (Å²) in [5.41, 5.74) is 2.45. The van der Waals surface area contributed by atoms with E-state index in [2.05, 4.69) is 22.0 Å². The van der Waals surface area contributed by atoms with Crippen LogP contribution < -0.4 is 0 Å². The van der Waals surface area contributed by atoms with E-state index in [4.69, 9.17) is 0 Å². The van der Waals surface area contributed by atoms with E-state index >= 15 is 0 Å². The molecule has 2 fully saturated rings. The first-order valence-electron chi connectivity index (χ1n) is 8.51. The van der Waals surface area contributed by atoms with Gasteiger partial charge in [-0.25, -0.2) is 0 Å². The number of hydrogen-bond acceptors (Lipinski definition) is 2. The van der Waals surface area contributed by atoms with Crippen molar-refractivity contribution in [1.82, 2.24) is 15.1 Å². The number of H-pyrrole nitrogens is 1. The molecule has 1 aliphatic heterocycles. The third-order valence-electron chi connectivity index (χ3n) is 5.29. The van der Waals surface area contributed by atoms with Gasteiger partial charge in [0, 0.05) is 31.1 Å². The molecule has 4 heteroatoms. The molecule has 0 unspecified atom stereocenters. The van der Waals surface area contributed by atoms with Crippen molar-refractivity contribution in [2.75, 3.05) is 13.1 Å². The van der Waals surface area contributed by atoms with Crippen molar-refractivity contribution >= 4 is 5.91 Å². The number of rotatable bonds is 4. The lowest BCUT2D eigenvalue weighted by atomic mass is 9.92. The van der Waals surface area contributed by atoms with Crippen molar-refractivity contribution < 1.29 is 4.79 Å². The summed E-state index contributed by atoms with van der Waals surface area (Å²) in [4.78, 5) is 14.5. The highest BCUT2D eigenvalue weighted by Gasteiger charge is 2.27. The van der Waals surface area contributed by atoms with Gasteiger partial charge in [0.05, 0.1) is 6.20 Å². The molecule has 1 aliphatic carbocycles. The fourth-order valence-electron chi connectivity index (χ4n) is 3.99. The molecule has 0 spiro atoms. The van der Waals surface area contributed by atoms with Gasteiger partial charge in [-0.1, -0.05) is 25.7 Å². The molecule has 1 atom stereocenters. The molecule has 1 N–H and O–H groups in total. The van der Waals surface area contributed by atoms with Gasteiger partial charge in [0.2, 0.25) is 5.91 Å². The lowest BCUT2D eigenvalue weighted by Gasteiger charge is -2.33. The quantitative estimate of drug-likeness (QED) is 0.923. The standard InChI is InChI=1S/C17H27N3O/c1-13-11-18-19-17(13)15-7-4-10-20(12-15)16(21)9-8-14-5-2-3-6-14/h11,14-15H,2-10,12H2,1H3,(H,18,19)/t15-/m0/s1. The summed E-state index contributed by atoms with van der Waals surface area (Å²) in [5.74, 6) is 1.62.